The molecule has 0 amide bonds. The summed E-state index contributed by atoms with van der Waals surface area (Å²) in [5, 5.41) is 11.3. The van der Waals surface area contributed by atoms with E-state index in [0.29, 0.717) is 0 Å². The van der Waals surface area contributed by atoms with E-state index in [-0.39, 0.29) is 5.92 Å². The van der Waals surface area contributed by atoms with Gasteiger partial charge in [-0.1, -0.05) is 36.4 Å². The predicted octanol–water partition coefficient (Wildman–Crippen LogP) is 3.52. The summed E-state index contributed by atoms with van der Waals surface area (Å²) in [4.78, 5) is 8.51. The molecule has 0 saturated heterocycles. The molecule has 1 aromatic carbocycles. The summed E-state index contributed by atoms with van der Waals surface area (Å²) in [5.41, 5.74) is 1.61. The molecule has 0 radical (unpaired) electrons. The highest BCUT2D eigenvalue weighted by Gasteiger charge is 2.36. The van der Waals surface area contributed by atoms with E-state index in [1.54, 1.807) is 18.6 Å². The summed E-state index contributed by atoms with van der Waals surface area (Å²) in [6.45, 7) is 1.83. The molecule has 22 heavy (non-hydrogen) atoms. The van der Waals surface area contributed by atoms with Crippen LogP contribution >= 0.6 is 0 Å². The highest BCUT2D eigenvalue weighted by atomic mass is 16.3. The topological polar surface area (TPSA) is 46.0 Å². The van der Waals surface area contributed by atoms with E-state index >= 15 is 0 Å². The number of nitrogens with zero attached hydrogens (tertiary/aromatic N) is 2. The van der Waals surface area contributed by atoms with Crippen LogP contribution in [0.15, 0.2) is 79.3 Å². The fourth-order valence-electron chi connectivity index (χ4n) is 2.83. The maximum atomic E-state index is 11.3. The van der Waals surface area contributed by atoms with E-state index in [0.717, 1.165) is 16.8 Å². The van der Waals surface area contributed by atoms with Crippen molar-refractivity contribution in [3.05, 3.63) is 96.1 Å². The normalized spacial score (nSPS) is 15.0. The van der Waals surface area contributed by atoms with Gasteiger partial charge in [0.05, 0.1) is 17.2 Å². The Kier molecular flexibility index (Phi) is 3.98. The molecule has 3 nitrogen and oxygen atoms in total. The minimum atomic E-state index is -1.08. The predicted molar refractivity (Wildman–Crippen MR) is 86.3 cm³/mol. The summed E-state index contributed by atoms with van der Waals surface area (Å²) in [7, 11) is 0. The molecule has 1 N–H and O–H groups in total. The molecule has 0 saturated carbocycles. The first-order chi connectivity index (χ1) is 10.7. The number of hydrogen-bond acceptors (Lipinski definition) is 3. The smallest absolute Gasteiger partial charge is 0.0993 e. The van der Waals surface area contributed by atoms with Crippen LogP contribution in [0.5, 0.6) is 0 Å². The van der Waals surface area contributed by atoms with Crippen LogP contribution in [-0.2, 0) is 5.60 Å². The lowest BCUT2D eigenvalue weighted by Gasteiger charge is -2.33. The van der Waals surface area contributed by atoms with Gasteiger partial charge in [0.25, 0.3) is 0 Å². The molecule has 3 rings (SSSR count). The van der Waals surface area contributed by atoms with Crippen molar-refractivity contribution in [2.75, 3.05) is 0 Å². The molecule has 0 aliphatic rings. The maximum Gasteiger partial charge on any atom is 0.0993 e. The van der Waals surface area contributed by atoms with Gasteiger partial charge in [-0.3, -0.25) is 9.97 Å². The maximum absolute atomic E-state index is 11.3. The van der Waals surface area contributed by atoms with Gasteiger partial charge in [0.2, 0.25) is 0 Å². The first-order valence-electron chi connectivity index (χ1n) is 7.28. The molecule has 3 heteroatoms. The van der Waals surface area contributed by atoms with Gasteiger partial charge in [0.15, 0.2) is 0 Å². The van der Waals surface area contributed by atoms with Gasteiger partial charge in [-0.05, 0) is 42.3 Å². The largest absolute Gasteiger partial charge is 0.384 e. The fourth-order valence-corrected chi connectivity index (χ4v) is 2.83. The number of hydrogen-bond donors (Lipinski definition) is 1. The van der Waals surface area contributed by atoms with Gasteiger partial charge in [-0.2, -0.15) is 0 Å². The van der Waals surface area contributed by atoms with Crippen LogP contribution in [0.4, 0.5) is 0 Å². The quantitative estimate of drug-likeness (QED) is 0.799. The van der Waals surface area contributed by atoms with E-state index in [2.05, 4.69) is 9.97 Å². The Morgan fingerprint density at radius 2 is 1.55 bits per heavy atom. The average Bonchev–Trinajstić information content (AvgIpc) is 2.58. The van der Waals surface area contributed by atoms with Crippen molar-refractivity contribution in [1.29, 1.82) is 0 Å². The zero-order chi connectivity index (χ0) is 15.4. The molecule has 2 atom stereocenters. The van der Waals surface area contributed by atoms with Gasteiger partial charge >= 0.3 is 0 Å². The second-order valence-electron chi connectivity index (χ2n) is 5.48. The van der Waals surface area contributed by atoms with Crippen molar-refractivity contribution in [1.82, 2.24) is 9.97 Å². The molecular weight excluding hydrogens is 272 g/mol. The Balaban J connectivity index is 2.14. The minimum absolute atomic E-state index is 0.253. The Morgan fingerprint density at radius 3 is 2.18 bits per heavy atom. The van der Waals surface area contributed by atoms with Crippen molar-refractivity contribution in [3.63, 3.8) is 0 Å². The summed E-state index contributed by atoms with van der Waals surface area (Å²) in [5.74, 6) is -0.253. The van der Waals surface area contributed by atoms with Crippen LogP contribution in [0, 0.1) is 0 Å². The number of aliphatic hydroxyl groups is 1. The minimum Gasteiger partial charge on any atom is -0.384 e. The lowest BCUT2D eigenvalue weighted by Crippen LogP contribution is -2.31. The van der Waals surface area contributed by atoms with Gasteiger partial charge < -0.3 is 5.11 Å². The Hall–Kier alpha value is -2.52. The van der Waals surface area contributed by atoms with Crippen molar-refractivity contribution >= 4 is 0 Å². The Labute approximate surface area is 130 Å². The SMILES string of the molecule is C[C@](O)(c1ccncc1)[C@H](c1ccccc1)c1ccccn1. The third-order valence-corrected chi connectivity index (χ3v) is 3.94. The molecular formula is C19H18N2O. The molecule has 110 valence electrons. The second-order valence-corrected chi connectivity index (χ2v) is 5.48. The van der Waals surface area contributed by atoms with E-state index in [4.69, 9.17) is 0 Å². The second kappa shape index (κ2) is 6.08. The molecule has 0 fully saturated rings. The summed E-state index contributed by atoms with van der Waals surface area (Å²) >= 11 is 0. The third kappa shape index (κ3) is 2.76. The monoisotopic (exact) mass is 290 g/mol. The number of benzene rings is 1. The molecule has 3 aromatic rings. The molecule has 2 heterocycles. The standard InChI is InChI=1S/C19H18N2O/c1-19(22,16-10-13-20-14-11-16)18(15-7-3-2-4-8-15)17-9-5-6-12-21-17/h2-14,18,22H,1H3/t18-,19+/m1/s1. The van der Waals surface area contributed by atoms with Gasteiger partial charge in [-0.15, -0.1) is 0 Å². The van der Waals surface area contributed by atoms with Crippen molar-refractivity contribution in [3.8, 4) is 0 Å². The van der Waals surface area contributed by atoms with Crippen LogP contribution in [0.3, 0.4) is 0 Å². The van der Waals surface area contributed by atoms with Crippen LogP contribution in [0.1, 0.15) is 29.7 Å². The highest BCUT2D eigenvalue weighted by Crippen LogP contribution is 2.40. The van der Waals surface area contributed by atoms with E-state index in [1.807, 2.05) is 67.6 Å². The van der Waals surface area contributed by atoms with E-state index < -0.39 is 5.60 Å². The van der Waals surface area contributed by atoms with E-state index in [9.17, 15) is 5.11 Å². The fraction of sp³-hybridized carbons (Fsp3) is 0.158. The van der Waals surface area contributed by atoms with Gasteiger partial charge in [-0.25, -0.2) is 0 Å². The first-order valence-corrected chi connectivity index (χ1v) is 7.28. The molecule has 0 aliphatic heterocycles. The summed E-state index contributed by atoms with van der Waals surface area (Å²) in [6.07, 6.45) is 5.16. The van der Waals surface area contributed by atoms with Crippen molar-refractivity contribution < 1.29 is 5.11 Å². The Bertz CT molecular complexity index is 673. The molecule has 2 aromatic heterocycles. The summed E-state index contributed by atoms with van der Waals surface area (Å²) in [6, 6.07) is 19.4. The average molecular weight is 290 g/mol. The van der Waals surface area contributed by atoms with Crippen LogP contribution < -0.4 is 0 Å². The zero-order valence-electron chi connectivity index (χ0n) is 12.4. The van der Waals surface area contributed by atoms with Crippen LogP contribution in [0.25, 0.3) is 0 Å². The lowest BCUT2D eigenvalue weighted by atomic mass is 9.77. The molecule has 0 aliphatic carbocycles. The molecule has 0 spiro atoms. The molecule has 0 bridgehead atoms. The highest BCUT2D eigenvalue weighted by molar-refractivity contribution is 5.36. The van der Waals surface area contributed by atoms with Crippen molar-refractivity contribution in [2.45, 2.75) is 18.4 Å². The van der Waals surface area contributed by atoms with Gasteiger partial charge in [0, 0.05) is 18.6 Å². The van der Waals surface area contributed by atoms with Crippen LogP contribution in [0.2, 0.25) is 0 Å². The van der Waals surface area contributed by atoms with Crippen molar-refractivity contribution in [2.24, 2.45) is 0 Å². The lowest BCUT2D eigenvalue weighted by molar-refractivity contribution is 0.0379. The zero-order valence-corrected chi connectivity index (χ0v) is 12.4. The van der Waals surface area contributed by atoms with Gasteiger partial charge in [0.1, 0.15) is 0 Å². The summed E-state index contributed by atoms with van der Waals surface area (Å²) < 4.78 is 0. The first kappa shape index (κ1) is 14.4. The third-order valence-electron chi connectivity index (χ3n) is 3.94. The Morgan fingerprint density at radius 1 is 0.864 bits per heavy atom. The molecule has 0 unspecified atom stereocenters. The van der Waals surface area contributed by atoms with Crippen LogP contribution in [-0.4, -0.2) is 15.1 Å². The number of rotatable bonds is 4. The number of pyridine rings is 2. The van der Waals surface area contributed by atoms with E-state index in [1.165, 1.54) is 0 Å². The number of aromatic nitrogens is 2.